The van der Waals surface area contributed by atoms with Crippen molar-refractivity contribution in [2.45, 2.75) is 64.7 Å². The molecule has 1 atom stereocenters. The standard InChI is InChI=1S/C24H35N7O5/c1-24(2,3)36-23(32)25-9-5-7-10-33-12-13-34-20-15-18(30-16-26-27-17-30)14-19-22(20)28-29-31(19)21-8-4-6-11-35-21/h14-17,21H,4-13H2,1-3H3,(H,25,32). The highest BCUT2D eigenvalue weighted by Gasteiger charge is 2.22. The van der Waals surface area contributed by atoms with E-state index in [0.29, 0.717) is 37.6 Å². The van der Waals surface area contributed by atoms with Gasteiger partial charge in [-0.3, -0.25) is 4.57 Å². The van der Waals surface area contributed by atoms with Crippen LogP contribution in [0.4, 0.5) is 4.79 Å². The maximum absolute atomic E-state index is 11.6. The van der Waals surface area contributed by atoms with Gasteiger partial charge in [-0.15, -0.1) is 15.3 Å². The summed E-state index contributed by atoms with van der Waals surface area (Å²) in [5.41, 5.74) is 1.86. The molecule has 3 aromatic rings. The number of aromatic nitrogens is 6. The van der Waals surface area contributed by atoms with E-state index in [2.05, 4.69) is 25.8 Å². The molecule has 0 bridgehead atoms. The zero-order valence-corrected chi connectivity index (χ0v) is 21.2. The van der Waals surface area contributed by atoms with E-state index in [1.165, 1.54) is 0 Å². The van der Waals surface area contributed by atoms with Crippen LogP contribution in [0, 0.1) is 0 Å². The molecule has 1 aliphatic rings. The van der Waals surface area contributed by atoms with Crippen LogP contribution in [0.1, 0.15) is 59.1 Å². The highest BCUT2D eigenvalue weighted by atomic mass is 16.6. The Morgan fingerprint density at radius 2 is 1.97 bits per heavy atom. The van der Waals surface area contributed by atoms with E-state index < -0.39 is 11.7 Å². The molecule has 3 heterocycles. The Balaban J connectivity index is 1.28. The van der Waals surface area contributed by atoms with Crippen LogP contribution < -0.4 is 10.1 Å². The Kier molecular flexibility index (Phi) is 8.70. The van der Waals surface area contributed by atoms with E-state index in [9.17, 15) is 4.79 Å². The Labute approximate surface area is 210 Å². The lowest BCUT2D eigenvalue weighted by Gasteiger charge is -2.23. The van der Waals surface area contributed by atoms with E-state index in [1.54, 1.807) is 12.7 Å². The van der Waals surface area contributed by atoms with E-state index in [-0.39, 0.29) is 6.23 Å². The maximum atomic E-state index is 11.6. The fraction of sp³-hybridized carbons (Fsp3) is 0.625. The minimum Gasteiger partial charge on any atom is -0.489 e. The molecule has 12 nitrogen and oxygen atoms in total. The molecule has 1 fully saturated rings. The molecule has 2 aromatic heterocycles. The Bertz CT molecular complexity index is 1100. The lowest BCUT2D eigenvalue weighted by Crippen LogP contribution is -2.33. The highest BCUT2D eigenvalue weighted by molar-refractivity contribution is 5.83. The molecule has 1 N–H and O–H groups in total. The second-order valence-electron chi connectivity index (χ2n) is 9.63. The van der Waals surface area contributed by atoms with Gasteiger partial charge in [-0.2, -0.15) is 0 Å². The molecule has 12 heteroatoms. The minimum absolute atomic E-state index is 0.138. The first-order valence-corrected chi connectivity index (χ1v) is 12.4. The van der Waals surface area contributed by atoms with Crippen molar-refractivity contribution in [2.24, 2.45) is 0 Å². The molecule has 196 valence electrons. The Morgan fingerprint density at radius 3 is 2.72 bits per heavy atom. The van der Waals surface area contributed by atoms with Crippen LogP contribution in [0.25, 0.3) is 16.7 Å². The molecule has 1 unspecified atom stereocenters. The minimum atomic E-state index is -0.494. The van der Waals surface area contributed by atoms with Crippen LogP contribution in [0.2, 0.25) is 0 Å². The normalized spacial score (nSPS) is 16.2. The van der Waals surface area contributed by atoms with Gasteiger partial charge in [0.1, 0.15) is 24.9 Å². The van der Waals surface area contributed by atoms with Crippen LogP contribution >= 0.6 is 0 Å². The molecule has 1 aromatic carbocycles. The number of nitrogens with zero attached hydrogens (tertiary/aromatic N) is 6. The molecule has 0 spiro atoms. The number of hydrogen-bond acceptors (Lipinski definition) is 9. The monoisotopic (exact) mass is 501 g/mol. The second kappa shape index (κ2) is 12.1. The van der Waals surface area contributed by atoms with Gasteiger partial charge < -0.3 is 24.3 Å². The molecule has 1 saturated heterocycles. The predicted octanol–water partition coefficient (Wildman–Crippen LogP) is 3.41. The number of carbonyl (C=O) groups is 1. The van der Waals surface area contributed by atoms with Crippen molar-refractivity contribution in [3.63, 3.8) is 0 Å². The van der Waals surface area contributed by atoms with Gasteiger partial charge in [-0.25, -0.2) is 9.48 Å². The molecule has 36 heavy (non-hydrogen) atoms. The summed E-state index contributed by atoms with van der Waals surface area (Å²) in [6.07, 6.45) is 7.40. The number of hydrogen-bond donors (Lipinski definition) is 1. The van der Waals surface area contributed by atoms with Crippen LogP contribution in [0.15, 0.2) is 24.8 Å². The number of benzene rings is 1. The van der Waals surface area contributed by atoms with Gasteiger partial charge in [0, 0.05) is 25.8 Å². The molecule has 0 aliphatic carbocycles. The van der Waals surface area contributed by atoms with E-state index >= 15 is 0 Å². The highest BCUT2D eigenvalue weighted by Crippen LogP contribution is 2.31. The number of carbonyl (C=O) groups excluding carboxylic acids is 1. The van der Waals surface area contributed by atoms with Crippen LogP contribution in [-0.2, 0) is 14.2 Å². The molecule has 4 rings (SSSR count). The molecule has 1 amide bonds. The van der Waals surface area contributed by atoms with Crippen LogP contribution in [-0.4, -0.2) is 74.4 Å². The molecular formula is C24H35N7O5. The van der Waals surface area contributed by atoms with E-state index in [4.69, 9.17) is 18.9 Å². The average molecular weight is 502 g/mol. The number of rotatable bonds is 11. The third kappa shape index (κ3) is 7.14. The molecule has 0 radical (unpaired) electrons. The van der Waals surface area contributed by atoms with E-state index in [0.717, 1.165) is 49.9 Å². The summed E-state index contributed by atoms with van der Waals surface area (Å²) < 4.78 is 26.5. The summed E-state index contributed by atoms with van der Waals surface area (Å²) in [5, 5.41) is 19.3. The summed E-state index contributed by atoms with van der Waals surface area (Å²) in [7, 11) is 0. The quantitative estimate of drug-likeness (QED) is 0.393. The predicted molar refractivity (Wildman–Crippen MR) is 131 cm³/mol. The molecular weight excluding hydrogens is 466 g/mol. The topological polar surface area (TPSA) is 127 Å². The lowest BCUT2D eigenvalue weighted by molar-refractivity contribution is -0.0377. The molecule has 0 saturated carbocycles. The van der Waals surface area contributed by atoms with Crippen LogP contribution in [0.3, 0.4) is 0 Å². The smallest absolute Gasteiger partial charge is 0.407 e. The summed E-state index contributed by atoms with van der Waals surface area (Å²) in [4.78, 5) is 11.6. The number of alkyl carbamates (subject to hydrolysis) is 1. The average Bonchev–Trinajstić information content (AvgIpc) is 3.53. The first kappa shape index (κ1) is 25.8. The number of ether oxygens (including phenoxy) is 4. The SMILES string of the molecule is CC(C)(C)OC(=O)NCCCCOCCOc1cc(-n2cnnc2)cc2c1nnn2C1CCCCO1. The van der Waals surface area contributed by atoms with E-state index in [1.807, 2.05) is 42.2 Å². The first-order chi connectivity index (χ1) is 17.4. The van der Waals surface area contributed by atoms with Crippen molar-refractivity contribution in [1.82, 2.24) is 35.1 Å². The number of nitrogens with one attached hydrogen (secondary N) is 1. The first-order valence-electron chi connectivity index (χ1n) is 12.4. The van der Waals surface area contributed by atoms with Gasteiger partial charge in [0.25, 0.3) is 0 Å². The van der Waals surface area contributed by atoms with Crippen LogP contribution in [0.5, 0.6) is 5.75 Å². The summed E-state index contributed by atoms with van der Waals surface area (Å²) in [6.45, 7) is 8.15. The van der Waals surface area contributed by atoms with Crippen molar-refractivity contribution >= 4 is 17.1 Å². The number of unbranched alkanes of at least 4 members (excludes halogenated alkanes) is 1. The van der Waals surface area contributed by atoms with Crippen molar-refractivity contribution in [2.75, 3.05) is 33.0 Å². The molecule has 1 aliphatic heterocycles. The summed E-state index contributed by atoms with van der Waals surface area (Å²) in [5.74, 6) is 0.614. The number of amides is 1. The Hall–Kier alpha value is -3.25. The second-order valence-corrected chi connectivity index (χ2v) is 9.63. The Morgan fingerprint density at radius 1 is 1.14 bits per heavy atom. The van der Waals surface area contributed by atoms with Gasteiger partial charge in [0.2, 0.25) is 0 Å². The zero-order chi connectivity index (χ0) is 25.4. The van der Waals surface area contributed by atoms with Crippen molar-refractivity contribution in [1.29, 1.82) is 0 Å². The summed E-state index contributed by atoms with van der Waals surface area (Å²) >= 11 is 0. The summed E-state index contributed by atoms with van der Waals surface area (Å²) in [6, 6.07) is 3.89. The lowest BCUT2D eigenvalue weighted by atomic mass is 10.2. The third-order valence-electron chi connectivity index (χ3n) is 5.54. The van der Waals surface area contributed by atoms with Crippen molar-refractivity contribution in [3.05, 3.63) is 24.8 Å². The fourth-order valence-corrected chi connectivity index (χ4v) is 3.86. The van der Waals surface area contributed by atoms with Gasteiger partial charge in [0.05, 0.1) is 17.8 Å². The third-order valence-corrected chi connectivity index (χ3v) is 5.54. The van der Waals surface area contributed by atoms with Crippen molar-refractivity contribution in [3.8, 4) is 11.4 Å². The maximum Gasteiger partial charge on any atom is 0.407 e. The fourth-order valence-electron chi connectivity index (χ4n) is 3.86. The van der Waals surface area contributed by atoms with Crippen molar-refractivity contribution < 1.29 is 23.7 Å². The zero-order valence-electron chi connectivity index (χ0n) is 21.2. The van der Waals surface area contributed by atoms with Gasteiger partial charge in [-0.05, 0) is 58.9 Å². The van der Waals surface area contributed by atoms with Gasteiger partial charge in [-0.1, -0.05) is 5.21 Å². The van der Waals surface area contributed by atoms with Gasteiger partial charge in [0.15, 0.2) is 17.5 Å². The largest absolute Gasteiger partial charge is 0.489 e. The number of fused-ring (bicyclic) bond motifs is 1. The van der Waals surface area contributed by atoms with Gasteiger partial charge >= 0.3 is 6.09 Å².